The third-order valence-corrected chi connectivity index (χ3v) is 1.97. The topological polar surface area (TPSA) is 24.7 Å². The molecule has 2 aromatic rings. The Balaban J connectivity index is 2.15. The fourth-order valence-electron chi connectivity index (χ4n) is 1.17. The molecule has 0 fully saturated rings. The fraction of sp³-hybridized carbons (Fsp3) is 0. The molecule has 2 nitrogen and oxygen atoms in total. The van der Waals surface area contributed by atoms with Gasteiger partial charge in [0, 0.05) is 0 Å². The van der Waals surface area contributed by atoms with Gasteiger partial charge in [-0.2, -0.15) is 10.2 Å². The summed E-state index contributed by atoms with van der Waals surface area (Å²) in [6.07, 6.45) is 0. The Bertz CT molecular complexity index is 444. The van der Waals surface area contributed by atoms with Gasteiger partial charge in [0.15, 0.2) is 0 Å². The zero-order valence-corrected chi connectivity index (χ0v) is 8.30. The molecule has 0 aliphatic carbocycles. The Labute approximate surface area is 89.3 Å². The van der Waals surface area contributed by atoms with Crippen molar-refractivity contribution in [1.82, 2.24) is 0 Å². The van der Waals surface area contributed by atoms with Crippen LogP contribution in [0, 0.1) is 6.92 Å². The monoisotopic (exact) mass is 195 g/mol. The summed E-state index contributed by atoms with van der Waals surface area (Å²) in [5.41, 5.74) is 2.68. The smallest absolute Gasteiger partial charge is 0.0857 e. The van der Waals surface area contributed by atoms with Gasteiger partial charge in [0.05, 0.1) is 11.4 Å². The lowest BCUT2D eigenvalue weighted by Gasteiger charge is -1.93. The van der Waals surface area contributed by atoms with E-state index in [0.29, 0.717) is 0 Å². The van der Waals surface area contributed by atoms with Crippen molar-refractivity contribution in [3.05, 3.63) is 67.1 Å². The van der Waals surface area contributed by atoms with Crippen LogP contribution in [-0.2, 0) is 0 Å². The van der Waals surface area contributed by atoms with E-state index >= 15 is 0 Å². The predicted octanol–water partition coefficient (Wildman–Crippen LogP) is 4.28. The number of nitrogens with zero attached hydrogens (tertiary/aromatic N) is 2. The highest BCUT2D eigenvalue weighted by Gasteiger charge is 1.89. The van der Waals surface area contributed by atoms with Gasteiger partial charge in [0.1, 0.15) is 0 Å². The molecule has 0 aromatic heterocycles. The summed E-state index contributed by atoms with van der Waals surface area (Å²) < 4.78 is 0. The molecule has 1 radical (unpaired) electrons. The van der Waals surface area contributed by atoms with Crippen LogP contribution in [0.2, 0.25) is 0 Å². The molecule has 2 aromatic carbocycles. The number of hydrogen-bond acceptors (Lipinski definition) is 2. The van der Waals surface area contributed by atoms with Crippen LogP contribution >= 0.6 is 0 Å². The van der Waals surface area contributed by atoms with Gasteiger partial charge >= 0.3 is 0 Å². The van der Waals surface area contributed by atoms with Crippen molar-refractivity contribution in [3.63, 3.8) is 0 Å². The van der Waals surface area contributed by atoms with Crippen LogP contribution in [0.4, 0.5) is 11.4 Å². The summed E-state index contributed by atoms with van der Waals surface area (Å²) >= 11 is 0. The van der Waals surface area contributed by atoms with Gasteiger partial charge in [-0.3, -0.25) is 0 Å². The van der Waals surface area contributed by atoms with E-state index in [0.717, 1.165) is 16.9 Å². The molecule has 15 heavy (non-hydrogen) atoms. The molecule has 73 valence electrons. The molecule has 0 saturated heterocycles. The van der Waals surface area contributed by atoms with Crippen molar-refractivity contribution >= 4 is 11.4 Å². The minimum atomic E-state index is 0.839. The van der Waals surface area contributed by atoms with Crippen molar-refractivity contribution in [2.45, 2.75) is 0 Å². The summed E-state index contributed by atoms with van der Waals surface area (Å²) in [6, 6.07) is 17.3. The van der Waals surface area contributed by atoms with Crippen molar-refractivity contribution in [3.8, 4) is 0 Å². The number of hydrogen-bond donors (Lipinski definition) is 0. The standard InChI is InChI=1S/C13H11N2/c1-11-7-9-13(10-8-11)15-14-12-5-3-2-4-6-12/h2-10H,1H2. The molecule has 0 heterocycles. The minimum absolute atomic E-state index is 0.839. The lowest BCUT2D eigenvalue weighted by Crippen LogP contribution is -1.68. The molecule has 2 rings (SSSR count). The molecule has 0 N–H and O–H groups in total. The van der Waals surface area contributed by atoms with E-state index < -0.39 is 0 Å². The molecule has 0 unspecified atom stereocenters. The average Bonchev–Trinajstić information content (AvgIpc) is 2.30. The van der Waals surface area contributed by atoms with E-state index in [4.69, 9.17) is 0 Å². The van der Waals surface area contributed by atoms with E-state index in [-0.39, 0.29) is 0 Å². The van der Waals surface area contributed by atoms with Gasteiger partial charge in [0.25, 0.3) is 0 Å². The molecule has 0 aliphatic heterocycles. The summed E-state index contributed by atoms with van der Waals surface area (Å²) in [6.45, 7) is 3.81. The summed E-state index contributed by atoms with van der Waals surface area (Å²) in [4.78, 5) is 0. The van der Waals surface area contributed by atoms with Crippen LogP contribution in [0.15, 0.2) is 64.8 Å². The largest absolute Gasteiger partial charge is 0.151 e. The average molecular weight is 195 g/mol. The molecule has 0 spiro atoms. The lowest BCUT2D eigenvalue weighted by molar-refractivity contribution is 1.23. The molecule has 0 saturated carbocycles. The quantitative estimate of drug-likeness (QED) is 0.639. The summed E-state index contributed by atoms with van der Waals surface area (Å²) in [7, 11) is 0. The molecular weight excluding hydrogens is 184 g/mol. The SMILES string of the molecule is [CH2]c1ccc(N=Nc2ccccc2)cc1. The first-order valence-corrected chi connectivity index (χ1v) is 4.73. The maximum Gasteiger partial charge on any atom is 0.0857 e. The Morgan fingerprint density at radius 1 is 0.667 bits per heavy atom. The highest BCUT2D eigenvalue weighted by molar-refractivity contribution is 5.41. The van der Waals surface area contributed by atoms with Crippen LogP contribution in [0.25, 0.3) is 0 Å². The highest BCUT2D eigenvalue weighted by atomic mass is 15.1. The Hall–Kier alpha value is -1.96. The van der Waals surface area contributed by atoms with Gasteiger partial charge in [0.2, 0.25) is 0 Å². The minimum Gasteiger partial charge on any atom is -0.151 e. The van der Waals surface area contributed by atoms with E-state index in [1.807, 2.05) is 54.6 Å². The molecule has 2 heteroatoms. The second kappa shape index (κ2) is 4.51. The molecule has 0 atom stereocenters. The van der Waals surface area contributed by atoms with E-state index in [1.165, 1.54) is 0 Å². The lowest BCUT2D eigenvalue weighted by atomic mass is 10.2. The maximum atomic E-state index is 4.11. The number of benzene rings is 2. The Morgan fingerprint density at radius 3 is 1.80 bits per heavy atom. The molecule has 0 aliphatic rings. The van der Waals surface area contributed by atoms with Crippen LogP contribution in [-0.4, -0.2) is 0 Å². The van der Waals surface area contributed by atoms with Crippen LogP contribution in [0.1, 0.15) is 5.56 Å². The predicted molar refractivity (Wildman–Crippen MR) is 61.5 cm³/mol. The van der Waals surface area contributed by atoms with Crippen molar-refractivity contribution in [2.75, 3.05) is 0 Å². The Morgan fingerprint density at radius 2 is 1.20 bits per heavy atom. The first-order valence-electron chi connectivity index (χ1n) is 4.73. The molecule has 0 bridgehead atoms. The van der Waals surface area contributed by atoms with Crippen LogP contribution in [0.5, 0.6) is 0 Å². The third-order valence-electron chi connectivity index (χ3n) is 1.97. The van der Waals surface area contributed by atoms with Gasteiger partial charge in [-0.05, 0) is 36.8 Å². The summed E-state index contributed by atoms with van der Waals surface area (Å²) in [5, 5.41) is 8.23. The zero-order valence-electron chi connectivity index (χ0n) is 8.30. The second-order valence-electron chi connectivity index (χ2n) is 3.20. The van der Waals surface area contributed by atoms with Gasteiger partial charge < -0.3 is 0 Å². The zero-order chi connectivity index (χ0) is 10.5. The normalized spacial score (nSPS) is 10.7. The van der Waals surface area contributed by atoms with Gasteiger partial charge in [-0.25, -0.2) is 0 Å². The van der Waals surface area contributed by atoms with Crippen LogP contribution in [0.3, 0.4) is 0 Å². The fourth-order valence-corrected chi connectivity index (χ4v) is 1.17. The summed E-state index contributed by atoms with van der Waals surface area (Å²) in [5.74, 6) is 0. The first-order chi connectivity index (χ1) is 7.34. The number of azo groups is 1. The van der Waals surface area contributed by atoms with E-state index in [9.17, 15) is 0 Å². The number of rotatable bonds is 2. The van der Waals surface area contributed by atoms with Crippen molar-refractivity contribution in [2.24, 2.45) is 10.2 Å². The maximum absolute atomic E-state index is 4.11. The molecular formula is C13H11N2. The van der Waals surface area contributed by atoms with Crippen molar-refractivity contribution < 1.29 is 0 Å². The first kappa shape index (κ1) is 9.59. The van der Waals surface area contributed by atoms with Gasteiger partial charge in [-0.15, -0.1) is 0 Å². The van der Waals surface area contributed by atoms with E-state index in [1.54, 1.807) is 0 Å². The van der Waals surface area contributed by atoms with Gasteiger partial charge in [-0.1, -0.05) is 30.3 Å². The second-order valence-corrected chi connectivity index (χ2v) is 3.20. The van der Waals surface area contributed by atoms with Crippen LogP contribution < -0.4 is 0 Å². The molecule has 0 amide bonds. The van der Waals surface area contributed by atoms with Crippen molar-refractivity contribution in [1.29, 1.82) is 0 Å². The third kappa shape index (κ3) is 2.74. The van der Waals surface area contributed by atoms with E-state index in [2.05, 4.69) is 17.2 Å². The highest BCUT2D eigenvalue weighted by Crippen LogP contribution is 2.17. The Kier molecular flexibility index (Phi) is 2.88.